The smallest absolute Gasteiger partial charge is 0.262 e. The summed E-state index contributed by atoms with van der Waals surface area (Å²) in [5, 5.41) is 1.73. The predicted octanol–water partition coefficient (Wildman–Crippen LogP) is 3.54. The van der Waals surface area contributed by atoms with Crippen molar-refractivity contribution in [1.82, 2.24) is 14.4 Å². The van der Waals surface area contributed by atoms with E-state index in [9.17, 15) is 9.59 Å². The van der Waals surface area contributed by atoms with Crippen LogP contribution in [-0.4, -0.2) is 72.7 Å². The second kappa shape index (κ2) is 8.96. The molecule has 184 valence electrons. The van der Waals surface area contributed by atoms with Gasteiger partial charge in [-0.05, 0) is 24.3 Å². The van der Waals surface area contributed by atoms with Crippen molar-refractivity contribution in [2.75, 3.05) is 46.5 Å². The third-order valence-electron chi connectivity index (χ3n) is 7.03. The van der Waals surface area contributed by atoms with Crippen molar-refractivity contribution in [3.05, 3.63) is 66.1 Å². The van der Waals surface area contributed by atoms with Crippen LogP contribution in [0.1, 0.15) is 11.1 Å². The second-order valence-electron chi connectivity index (χ2n) is 9.20. The summed E-state index contributed by atoms with van der Waals surface area (Å²) in [5.74, 6) is -0.0532. The molecule has 0 bridgehead atoms. The lowest BCUT2D eigenvalue weighted by atomic mass is 9.95. The zero-order chi connectivity index (χ0) is 24.8. The van der Waals surface area contributed by atoms with Crippen molar-refractivity contribution < 1.29 is 23.5 Å². The minimum atomic E-state index is -0.355. The number of aryl methyl sites for hydroxylation is 1. The summed E-state index contributed by atoms with van der Waals surface area (Å²) in [4.78, 5) is 30.4. The quantitative estimate of drug-likeness (QED) is 0.389. The average Bonchev–Trinajstić information content (AvgIpc) is 3.56. The highest BCUT2D eigenvalue weighted by Crippen LogP contribution is 2.42. The van der Waals surface area contributed by atoms with E-state index >= 15 is 0 Å². The molecule has 0 saturated carbocycles. The number of carbonyl (C=O) groups is 2. The first-order chi connectivity index (χ1) is 17.5. The van der Waals surface area contributed by atoms with E-state index in [2.05, 4.69) is 4.90 Å². The number of carbonyl (C=O) groups excluding carboxylic acids is 2. The number of morpholine rings is 1. The molecule has 1 fully saturated rings. The fourth-order valence-electron chi connectivity index (χ4n) is 5.12. The zero-order valence-corrected chi connectivity index (χ0v) is 20.3. The summed E-state index contributed by atoms with van der Waals surface area (Å²) in [6.07, 6.45) is 3.50. The number of fused-ring (bicyclic) bond motifs is 2. The Kier molecular flexibility index (Phi) is 5.62. The minimum Gasteiger partial charge on any atom is -0.492 e. The lowest BCUT2D eigenvalue weighted by molar-refractivity contribution is -0.134. The highest BCUT2D eigenvalue weighted by molar-refractivity contribution is 6.50. The minimum absolute atomic E-state index is 0.329. The fraction of sp³-hybridized carbons (Fsp3) is 0.286. The standard InChI is InChI=1S/C28H27N3O5/c1-29-17-22(20-5-3-4-6-23(20)29)25-24(27(32)30(2)28(25)33)21-16-19(15-18-7-11-36-26(18)21)35-14-10-31-8-12-34-13-9-31/h3-7,11,15-17H,8-10,12-14H2,1-2H3. The molecule has 6 rings (SSSR count). The van der Waals surface area contributed by atoms with Gasteiger partial charge in [-0.15, -0.1) is 0 Å². The molecule has 1 saturated heterocycles. The van der Waals surface area contributed by atoms with Crippen molar-refractivity contribution in [3.63, 3.8) is 0 Å². The molecular formula is C28H27N3O5. The molecule has 2 aliphatic rings. The maximum Gasteiger partial charge on any atom is 0.262 e. The number of ether oxygens (including phenoxy) is 2. The largest absolute Gasteiger partial charge is 0.492 e. The summed E-state index contributed by atoms with van der Waals surface area (Å²) in [5.41, 5.74) is 3.53. The first kappa shape index (κ1) is 22.6. The third-order valence-corrected chi connectivity index (χ3v) is 7.03. The van der Waals surface area contributed by atoms with Gasteiger partial charge in [0.25, 0.3) is 11.8 Å². The molecule has 2 aliphatic heterocycles. The van der Waals surface area contributed by atoms with Gasteiger partial charge < -0.3 is 18.5 Å². The summed E-state index contributed by atoms with van der Waals surface area (Å²) in [6, 6.07) is 13.4. The lowest BCUT2D eigenvalue weighted by Gasteiger charge is -2.26. The topological polar surface area (TPSA) is 77.2 Å². The number of aromatic nitrogens is 1. The van der Waals surface area contributed by atoms with Crippen LogP contribution in [0.3, 0.4) is 0 Å². The monoisotopic (exact) mass is 485 g/mol. The van der Waals surface area contributed by atoms with Gasteiger partial charge in [-0.2, -0.15) is 0 Å². The average molecular weight is 486 g/mol. The van der Waals surface area contributed by atoms with E-state index in [0.29, 0.717) is 34.6 Å². The molecule has 0 radical (unpaired) electrons. The van der Waals surface area contributed by atoms with Gasteiger partial charge in [0, 0.05) is 67.3 Å². The molecule has 4 aromatic rings. The van der Waals surface area contributed by atoms with Crippen LogP contribution in [0.2, 0.25) is 0 Å². The van der Waals surface area contributed by atoms with Crippen molar-refractivity contribution in [2.45, 2.75) is 0 Å². The van der Waals surface area contributed by atoms with Gasteiger partial charge in [0.05, 0.1) is 30.6 Å². The molecule has 0 atom stereocenters. The normalized spacial score (nSPS) is 17.2. The number of furan rings is 1. The van der Waals surface area contributed by atoms with Crippen LogP contribution in [-0.2, 0) is 21.4 Å². The van der Waals surface area contributed by atoms with Crippen molar-refractivity contribution in [3.8, 4) is 5.75 Å². The number of amides is 2. The number of likely N-dealkylation sites (N-methyl/N-ethyl adjacent to an activating group) is 1. The van der Waals surface area contributed by atoms with E-state index in [-0.39, 0.29) is 11.8 Å². The Bertz CT molecular complexity index is 1520. The van der Waals surface area contributed by atoms with Crippen LogP contribution in [0.15, 0.2) is 59.3 Å². The van der Waals surface area contributed by atoms with E-state index in [1.54, 1.807) is 6.26 Å². The number of hydrogen-bond acceptors (Lipinski definition) is 6. The first-order valence-corrected chi connectivity index (χ1v) is 12.1. The van der Waals surface area contributed by atoms with Crippen molar-refractivity contribution in [1.29, 1.82) is 0 Å². The molecule has 0 aliphatic carbocycles. The van der Waals surface area contributed by atoms with Crippen LogP contribution in [0, 0.1) is 0 Å². The number of hydrogen-bond donors (Lipinski definition) is 0. The Balaban J connectivity index is 1.45. The lowest BCUT2D eigenvalue weighted by Crippen LogP contribution is -2.38. The molecule has 4 heterocycles. The first-order valence-electron chi connectivity index (χ1n) is 12.1. The predicted molar refractivity (Wildman–Crippen MR) is 136 cm³/mol. The van der Waals surface area contributed by atoms with Crippen LogP contribution in [0.4, 0.5) is 0 Å². The molecule has 2 aromatic carbocycles. The SMILES string of the molecule is CN1C(=O)C(c2cn(C)c3ccccc23)=C(c2cc(OCCN3CCOCC3)cc3ccoc23)C1=O. The van der Waals surface area contributed by atoms with Crippen molar-refractivity contribution >= 4 is 44.8 Å². The molecule has 8 nitrogen and oxygen atoms in total. The Labute approximate surface area is 208 Å². The van der Waals surface area contributed by atoms with Crippen LogP contribution < -0.4 is 4.74 Å². The Morgan fingerprint density at radius 2 is 1.69 bits per heavy atom. The maximum atomic E-state index is 13.5. The zero-order valence-electron chi connectivity index (χ0n) is 20.3. The maximum absolute atomic E-state index is 13.5. The Morgan fingerprint density at radius 1 is 0.944 bits per heavy atom. The summed E-state index contributed by atoms with van der Waals surface area (Å²) in [7, 11) is 3.45. The molecule has 0 unspecified atom stereocenters. The van der Waals surface area contributed by atoms with Gasteiger partial charge in [-0.1, -0.05) is 18.2 Å². The Morgan fingerprint density at radius 3 is 2.50 bits per heavy atom. The number of para-hydroxylation sites is 1. The summed E-state index contributed by atoms with van der Waals surface area (Å²) < 4.78 is 19.3. The number of rotatable bonds is 6. The molecule has 36 heavy (non-hydrogen) atoms. The van der Waals surface area contributed by atoms with Gasteiger partial charge in [0.15, 0.2) is 0 Å². The molecule has 0 N–H and O–H groups in total. The molecule has 2 amide bonds. The van der Waals surface area contributed by atoms with Gasteiger partial charge in [-0.3, -0.25) is 19.4 Å². The van der Waals surface area contributed by atoms with E-state index in [1.807, 2.05) is 60.3 Å². The molecule has 8 heteroatoms. The summed E-state index contributed by atoms with van der Waals surface area (Å²) in [6.45, 7) is 4.54. The van der Waals surface area contributed by atoms with Gasteiger partial charge in [0.2, 0.25) is 0 Å². The molecule has 2 aromatic heterocycles. The van der Waals surface area contributed by atoms with E-state index in [0.717, 1.165) is 54.7 Å². The van der Waals surface area contributed by atoms with Gasteiger partial charge in [-0.25, -0.2) is 0 Å². The van der Waals surface area contributed by atoms with Crippen molar-refractivity contribution in [2.24, 2.45) is 7.05 Å². The highest BCUT2D eigenvalue weighted by Gasteiger charge is 2.39. The van der Waals surface area contributed by atoms with E-state index in [4.69, 9.17) is 13.9 Å². The second-order valence-corrected chi connectivity index (χ2v) is 9.20. The third kappa shape index (κ3) is 3.70. The Hall–Kier alpha value is -3.88. The van der Waals surface area contributed by atoms with Gasteiger partial charge >= 0.3 is 0 Å². The van der Waals surface area contributed by atoms with Crippen LogP contribution in [0.25, 0.3) is 33.0 Å². The highest BCUT2D eigenvalue weighted by atomic mass is 16.5. The molecule has 0 spiro atoms. The van der Waals surface area contributed by atoms with Crippen LogP contribution in [0.5, 0.6) is 5.75 Å². The number of benzene rings is 2. The fourth-order valence-corrected chi connectivity index (χ4v) is 5.12. The number of imide groups is 1. The van der Waals surface area contributed by atoms with Gasteiger partial charge in [0.1, 0.15) is 17.9 Å². The van der Waals surface area contributed by atoms with E-state index < -0.39 is 0 Å². The van der Waals surface area contributed by atoms with E-state index in [1.165, 1.54) is 11.9 Å². The van der Waals surface area contributed by atoms with Crippen LogP contribution >= 0.6 is 0 Å². The summed E-state index contributed by atoms with van der Waals surface area (Å²) >= 11 is 0. The number of nitrogens with zero attached hydrogens (tertiary/aromatic N) is 3. The molecular weight excluding hydrogens is 458 g/mol.